The first-order chi connectivity index (χ1) is 8.19. The minimum absolute atomic E-state index is 0.252. The van der Waals surface area contributed by atoms with Crippen molar-refractivity contribution in [2.45, 2.75) is 6.54 Å². The third-order valence-electron chi connectivity index (χ3n) is 2.10. The Morgan fingerprint density at radius 1 is 1.41 bits per heavy atom. The molecule has 0 aliphatic carbocycles. The van der Waals surface area contributed by atoms with Crippen LogP contribution in [0.5, 0.6) is 0 Å². The van der Waals surface area contributed by atoms with Gasteiger partial charge in [-0.1, -0.05) is 0 Å². The Morgan fingerprint density at radius 3 is 2.88 bits per heavy atom. The SMILES string of the molecule is N#Cc1nc(NCc2ccc(Br)s2)ccc1N. The number of nitrogens with zero attached hydrogens (tertiary/aromatic N) is 2. The summed E-state index contributed by atoms with van der Waals surface area (Å²) in [6.45, 7) is 0.679. The quantitative estimate of drug-likeness (QED) is 0.914. The van der Waals surface area contributed by atoms with Crippen molar-refractivity contribution in [3.8, 4) is 6.07 Å². The van der Waals surface area contributed by atoms with E-state index in [0.29, 0.717) is 18.1 Å². The highest BCUT2D eigenvalue weighted by Gasteiger charge is 2.02. The van der Waals surface area contributed by atoms with Crippen LogP contribution in [0.25, 0.3) is 0 Å². The van der Waals surface area contributed by atoms with Gasteiger partial charge in [0.25, 0.3) is 0 Å². The Bertz CT molecular complexity index is 573. The van der Waals surface area contributed by atoms with Crippen LogP contribution < -0.4 is 11.1 Å². The van der Waals surface area contributed by atoms with E-state index >= 15 is 0 Å². The molecule has 0 radical (unpaired) electrons. The fourth-order valence-electron chi connectivity index (χ4n) is 1.28. The van der Waals surface area contributed by atoms with Gasteiger partial charge in [0.2, 0.25) is 0 Å². The van der Waals surface area contributed by atoms with Crippen LogP contribution >= 0.6 is 27.3 Å². The molecule has 2 rings (SSSR count). The highest BCUT2D eigenvalue weighted by Crippen LogP contribution is 2.22. The van der Waals surface area contributed by atoms with Crippen LogP contribution in [0.15, 0.2) is 28.1 Å². The molecule has 0 amide bonds. The van der Waals surface area contributed by atoms with Crippen molar-refractivity contribution in [1.82, 2.24) is 4.98 Å². The van der Waals surface area contributed by atoms with Crippen molar-refractivity contribution in [3.05, 3.63) is 38.6 Å². The number of nitrogens with two attached hydrogens (primary N) is 1. The van der Waals surface area contributed by atoms with E-state index in [1.807, 2.05) is 18.2 Å². The number of hydrogen-bond donors (Lipinski definition) is 2. The Hall–Kier alpha value is -1.58. The molecule has 2 aromatic rings. The number of nitrogens with one attached hydrogen (secondary N) is 1. The Kier molecular flexibility index (Phi) is 3.61. The largest absolute Gasteiger partial charge is 0.396 e. The number of anilines is 2. The van der Waals surface area contributed by atoms with E-state index in [2.05, 4.69) is 26.2 Å². The third kappa shape index (κ3) is 2.96. The van der Waals surface area contributed by atoms with E-state index in [0.717, 1.165) is 3.79 Å². The average molecular weight is 309 g/mol. The fourth-order valence-corrected chi connectivity index (χ4v) is 2.71. The molecule has 0 unspecified atom stereocenters. The van der Waals surface area contributed by atoms with E-state index in [4.69, 9.17) is 11.0 Å². The van der Waals surface area contributed by atoms with Gasteiger partial charge in [-0.15, -0.1) is 11.3 Å². The third-order valence-corrected chi connectivity index (χ3v) is 3.73. The molecule has 0 bridgehead atoms. The predicted octanol–water partition coefficient (Wildman–Crippen LogP) is 2.97. The number of halogens is 1. The normalized spacial score (nSPS) is 9.88. The van der Waals surface area contributed by atoms with Crippen molar-refractivity contribution in [2.24, 2.45) is 0 Å². The molecule has 0 saturated heterocycles. The predicted molar refractivity (Wildman–Crippen MR) is 72.7 cm³/mol. The van der Waals surface area contributed by atoms with E-state index < -0.39 is 0 Å². The second-order valence-electron chi connectivity index (χ2n) is 3.31. The summed E-state index contributed by atoms with van der Waals surface area (Å²) in [6.07, 6.45) is 0. The van der Waals surface area contributed by atoms with Crippen molar-refractivity contribution < 1.29 is 0 Å². The molecular formula is C11H9BrN4S. The zero-order valence-corrected chi connectivity index (χ0v) is 11.2. The van der Waals surface area contributed by atoms with Gasteiger partial charge in [-0.25, -0.2) is 4.98 Å². The zero-order valence-electron chi connectivity index (χ0n) is 8.77. The number of hydrogen-bond acceptors (Lipinski definition) is 5. The molecule has 3 N–H and O–H groups in total. The van der Waals surface area contributed by atoms with Gasteiger partial charge < -0.3 is 11.1 Å². The summed E-state index contributed by atoms with van der Waals surface area (Å²) >= 11 is 5.06. The highest BCUT2D eigenvalue weighted by molar-refractivity contribution is 9.11. The molecule has 0 aliphatic rings. The summed E-state index contributed by atoms with van der Waals surface area (Å²) in [6, 6.07) is 9.43. The minimum Gasteiger partial charge on any atom is -0.396 e. The number of rotatable bonds is 3. The standard InChI is InChI=1S/C11H9BrN4S/c12-10-3-1-7(17-10)6-15-11-4-2-8(14)9(5-13)16-11/h1-4H,6,14H2,(H,15,16). The number of nitriles is 1. The molecule has 0 fully saturated rings. The van der Waals surface area contributed by atoms with Gasteiger partial charge in [0.15, 0.2) is 5.69 Å². The number of aromatic nitrogens is 1. The molecule has 0 saturated carbocycles. The minimum atomic E-state index is 0.252. The van der Waals surface area contributed by atoms with Gasteiger partial charge >= 0.3 is 0 Å². The lowest BCUT2D eigenvalue weighted by Gasteiger charge is -2.05. The van der Waals surface area contributed by atoms with E-state index in [-0.39, 0.29) is 5.69 Å². The average Bonchev–Trinajstić information content (AvgIpc) is 2.74. The summed E-state index contributed by atoms with van der Waals surface area (Å²) < 4.78 is 1.09. The summed E-state index contributed by atoms with van der Waals surface area (Å²) in [5.41, 5.74) is 6.25. The van der Waals surface area contributed by atoms with Crippen LogP contribution in [0.2, 0.25) is 0 Å². The molecule has 0 atom stereocenters. The van der Waals surface area contributed by atoms with Crippen LogP contribution in [0, 0.1) is 11.3 Å². The first kappa shape index (κ1) is 11.9. The number of pyridine rings is 1. The smallest absolute Gasteiger partial charge is 0.165 e. The van der Waals surface area contributed by atoms with Crippen molar-refractivity contribution in [3.63, 3.8) is 0 Å². The van der Waals surface area contributed by atoms with E-state index in [1.54, 1.807) is 23.5 Å². The Balaban J connectivity index is 2.07. The van der Waals surface area contributed by atoms with Gasteiger partial charge in [-0.2, -0.15) is 5.26 Å². The van der Waals surface area contributed by atoms with Crippen LogP contribution in [0.4, 0.5) is 11.5 Å². The summed E-state index contributed by atoms with van der Waals surface area (Å²) in [4.78, 5) is 5.30. The molecule has 86 valence electrons. The second kappa shape index (κ2) is 5.17. The van der Waals surface area contributed by atoms with Crippen molar-refractivity contribution in [2.75, 3.05) is 11.1 Å². The lowest BCUT2D eigenvalue weighted by molar-refractivity contribution is 1.13. The van der Waals surface area contributed by atoms with Crippen LogP contribution in [-0.2, 0) is 6.54 Å². The van der Waals surface area contributed by atoms with Crippen LogP contribution in [-0.4, -0.2) is 4.98 Å². The maximum absolute atomic E-state index is 8.81. The maximum Gasteiger partial charge on any atom is 0.165 e. The molecule has 0 aliphatic heterocycles. The summed E-state index contributed by atoms with van der Waals surface area (Å²) in [5.74, 6) is 0.653. The van der Waals surface area contributed by atoms with Gasteiger partial charge in [0.1, 0.15) is 11.9 Å². The molecule has 0 spiro atoms. The highest BCUT2D eigenvalue weighted by atomic mass is 79.9. The van der Waals surface area contributed by atoms with Crippen LogP contribution in [0.1, 0.15) is 10.6 Å². The van der Waals surface area contributed by atoms with Gasteiger partial charge in [-0.05, 0) is 40.2 Å². The van der Waals surface area contributed by atoms with E-state index in [9.17, 15) is 0 Å². The van der Waals surface area contributed by atoms with Crippen LogP contribution in [0.3, 0.4) is 0 Å². The van der Waals surface area contributed by atoms with Crippen molar-refractivity contribution in [1.29, 1.82) is 5.26 Å². The zero-order chi connectivity index (χ0) is 12.3. The molecule has 0 aromatic carbocycles. The fraction of sp³-hybridized carbons (Fsp3) is 0.0909. The monoisotopic (exact) mass is 308 g/mol. The van der Waals surface area contributed by atoms with Gasteiger partial charge in [0.05, 0.1) is 16.0 Å². The molecule has 2 aromatic heterocycles. The Morgan fingerprint density at radius 2 is 2.24 bits per heavy atom. The molecule has 4 nitrogen and oxygen atoms in total. The second-order valence-corrected chi connectivity index (χ2v) is 5.85. The first-order valence-electron chi connectivity index (χ1n) is 4.84. The topological polar surface area (TPSA) is 74.7 Å². The molecule has 17 heavy (non-hydrogen) atoms. The number of nitrogen functional groups attached to an aromatic ring is 1. The lowest BCUT2D eigenvalue weighted by Crippen LogP contribution is -2.02. The summed E-state index contributed by atoms with van der Waals surface area (Å²) in [5, 5.41) is 12.0. The Labute approximate surface area is 111 Å². The van der Waals surface area contributed by atoms with Gasteiger partial charge in [-0.3, -0.25) is 0 Å². The molecule has 6 heteroatoms. The summed E-state index contributed by atoms with van der Waals surface area (Å²) in [7, 11) is 0. The van der Waals surface area contributed by atoms with Gasteiger partial charge in [0, 0.05) is 4.88 Å². The maximum atomic E-state index is 8.81. The first-order valence-corrected chi connectivity index (χ1v) is 6.44. The molecule has 2 heterocycles. The van der Waals surface area contributed by atoms with Crippen molar-refractivity contribution >= 4 is 38.8 Å². The number of thiophene rings is 1. The lowest BCUT2D eigenvalue weighted by atomic mass is 10.3. The molecular weight excluding hydrogens is 300 g/mol. The van der Waals surface area contributed by atoms with E-state index in [1.165, 1.54) is 4.88 Å².